The molecular weight excluding hydrogens is 180 g/mol. The molecule has 1 aromatic heterocycles. The molecular formula is C9H16N4O. The van der Waals surface area contributed by atoms with Gasteiger partial charge in [0.05, 0.1) is 5.54 Å². The van der Waals surface area contributed by atoms with Crippen LogP contribution < -0.4 is 0 Å². The largest absolute Gasteiger partial charge is 0.303 e. The minimum Gasteiger partial charge on any atom is -0.303 e. The van der Waals surface area contributed by atoms with Gasteiger partial charge in [-0.05, 0) is 32.4 Å². The summed E-state index contributed by atoms with van der Waals surface area (Å²) in [5, 5.41) is 12.1. The maximum Gasteiger partial charge on any atom is 0.174 e. The van der Waals surface area contributed by atoms with Crippen LogP contribution in [0.2, 0.25) is 0 Å². The number of unbranched alkanes of at least 4 members (excludes halogenated alkanes) is 1. The van der Waals surface area contributed by atoms with Crippen LogP contribution in [0.1, 0.15) is 39.4 Å². The van der Waals surface area contributed by atoms with E-state index in [1.807, 2.05) is 20.8 Å². The molecule has 14 heavy (non-hydrogen) atoms. The van der Waals surface area contributed by atoms with E-state index in [0.29, 0.717) is 12.2 Å². The second kappa shape index (κ2) is 4.30. The summed E-state index contributed by atoms with van der Waals surface area (Å²) in [6, 6.07) is 0. The number of hydrogen-bond acceptors (Lipinski definition) is 4. The van der Waals surface area contributed by atoms with Gasteiger partial charge in [-0.2, -0.15) is 4.80 Å². The highest BCUT2D eigenvalue weighted by atomic mass is 16.1. The number of aryl methyl sites for hydroxylation is 1. The van der Waals surface area contributed by atoms with E-state index in [4.69, 9.17) is 0 Å². The van der Waals surface area contributed by atoms with E-state index in [9.17, 15) is 4.79 Å². The quantitative estimate of drug-likeness (QED) is 0.531. The highest BCUT2D eigenvalue weighted by molar-refractivity contribution is 5.49. The van der Waals surface area contributed by atoms with Crippen molar-refractivity contribution in [3.63, 3.8) is 0 Å². The Morgan fingerprint density at radius 3 is 2.64 bits per heavy atom. The highest BCUT2D eigenvalue weighted by Crippen LogP contribution is 2.09. The van der Waals surface area contributed by atoms with Crippen LogP contribution in [0.5, 0.6) is 0 Å². The average Bonchev–Trinajstić information content (AvgIpc) is 2.52. The molecule has 0 bridgehead atoms. The molecule has 0 saturated carbocycles. The second-order valence-electron chi connectivity index (χ2n) is 4.22. The Bertz CT molecular complexity index is 300. The van der Waals surface area contributed by atoms with Crippen LogP contribution in [0.4, 0.5) is 0 Å². The molecule has 1 rings (SSSR count). The maximum atomic E-state index is 10.1. The van der Waals surface area contributed by atoms with Crippen molar-refractivity contribution in [3.8, 4) is 0 Å². The lowest BCUT2D eigenvalue weighted by Gasteiger charge is -2.15. The first-order valence-corrected chi connectivity index (χ1v) is 4.77. The third kappa shape index (κ3) is 2.90. The smallest absolute Gasteiger partial charge is 0.174 e. The van der Waals surface area contributed by atoms with Gasteiger partial charge in [0, 0.05) is 12.8 Å². The van der Waals surface area contributed by atoms with Crippen LogP contribution in [-0.4, -0.2) is 26.5 Å². The van der Waals surface area contributed by atoms with Crippen LogP contribution in [0.25, 0.3) is 0 Å². The third-order valence-corrected chi connectivity index (χ3v) is 1.78. The predicted octanol–water partition coefficient (Wildman–Crippen LogP) is 0.950. The van der Waals surface area contributed by atoms with Crippen molar-refractivity contribution in [1.29, 1.82) is 0 Å². The molecule has 1 heterocycles. The molecule has 0 atom stereocenters. The summed E-state index contributed by atoms with van der Waals surface area (Å²) in [7, 11) is 0. The summed E-state index contributed by atoms with van der Waals surface area (Å²) >= 11 is 0. The summed E-state index contributed by atoms with van der Waals surface area (Å²) in [5.74, 6) is 0.710. The van der Waals surface area contributed by atoms with Gasteiger partial charge >= 0.3 is 0 Å². The Hall–Kier alpha value is -1.26. The van der Waals surface area contributed by atoms with Crippen molar-refractivity contribution in [2.24, 2.45) is 0 Å². The molecule has 5 heteroatoms. The molecule has 0 amide bonds. The number of carbonyl (C=O) groups is 1. The number of hydrogen-bond donors (Lipinski definition) is 0. The zero-order chi connectivity index (χ0) is 10.6. The van der Waals surface area contributed by atoms with E-state index in [0.717, 1.165) is 19.1 Å². The first-order chi connectivity index (χ1) is 6.54. The average molecular weight is 196 g/mol. The number of carbonyl (C=O) groups excluding carboxylic acids is 1. The van der Waals surface area contributed by atoms with Crippen molar-refractivity contribution >= 4 is 6.29 Å². The van der Waals surface area contributed by atoms with Gasteiger partial charge in [-0.1, -0.05) is 0 Å². The Labute approximate surface area is 83.5 Å². The van der Waals surface area contributed by atoms with E-state index in [1.165, 1.54) is 0 Å². The van der Waals surface area contributed by atoms with Gasteiger partial charge in [-0.15, -0.1) is 10.2 Å². The molecule has 78 valence electrons. The van der Waals surface area contributed by atoms with Crippen LogP contribution in [-0.2, 0) is 16.8 Å². The molecule has 5 nitrogen and oxygen atoms in total. The van der Waals surface area contributed by atoms with Crippen LogP contribution >= 0.6 is 0 Å². The fourth-order valence-corrected chi connectivity index (χ4v) is 0.971. The van der Waals surface area contributed by atoms with Crippen molar-refractivity contribution in [2.75, 3.05) is 0 Å². The van der Waals surface area contributed by atoms with Gasteiger partial charge in [0.15, 0.2) is 5.82 Å². The van der Waals surface area contributed by atoms with Crippen molar-refractivity contribution < 1.29 is 4.79 Å². The topological polar surface area (TPSA) is 60.7 Å². The summed E-state index contributed by atoms with van der Waals surface area (Å²) in [6.07, 6.45) is 2.98. The monoisotopic (exact) mass is 196 g/mol. The molecule has 0 aliphatic carbocycles. The normalized spacial score (nSPS) is 11.6. The molecule has 0 N–H and O–H groups in total. The van der Waals surface area contributed by atoms with Crippen molar-refractivity contribution in [1.82, 2.24) is 20.2 Å². The lowest BCUT2D eigenvalue weighted by atomic mass is 10.1. The van der Waals surface area contributed by atoms with E-state index in [1.54, 1.807) is 4.80 Å². The Morgan fingerprint density at radius 1 is 1.43 bits per heavy atom. The van der Waals surface area contributed by atoms with Crippen LogP contribution in [0, 0.1) is 0 Å². The van der Waals surface area contributed by atoms with Gasteiger partial charge in [-0.3, -0.25) is 0 Å². The van der Waals surface area contributed by atoms with E-state index >= 15 is 0 Å². The molecule has 0 radical (unpaired) electrons. The summed E-state index contributed by atoms with van der Waals surface area (Å²) in [4.78, 5) is 11.7. The maximum absolute atomic E-state index is 10.1. The molecule has 0 aromatic carbocycles. The zero-order valence-electron chi connectivity index (χ0n) is 8.90. The van der Waals surface area contributed by atoms with Gasteiger partial charge in [0.1, 0.15) is 6.29 Å². The number of nitrogens with zero attached hydrogens (tertiary/aromatic N) is 4. The first-order valence-electron chi connectivity index (χ1n) is 4.77. The Balaban J connectivity index is 2.55. The summed E-state index contributed by atoms with van der Waals surface area (Å²) in [6.45, 7) is 6.05. The van der Waals surface area contributed by atoms with E-state index in [2.05, 4.69) is 15.4 Å². The molecule has 0 fully saturated rings. The predicted molar refractivity (Wildman–Crippen MR) is 51.8 cm³/mol. The Kier molecular flexibility index (Phi) is 3.33. The fourth-order valence-electron chi connectivity index (χ4n) is 0.971. The number of tetrazole rings is 1. The molecule has 0 saturated heterocycles. The molecule has 0 spiro atoms. The van der Waals surface area contributed by atoms with Crippen LogP contribution in [0.3, 0.4) is 0 Å². The summed E-state index contributed by atoms with van der Waals surface area (Å²) < 4.78 is 0. The number of aromatic nitrogens is 4. The zero-order valence-corrected chi connectivity index (χ0v) is 8.90. The van der Waals surface area contributed by atoms with Gasteiger partial charge in [-0.25, -0.2) is 0 Å². The molecule has 0 aliphatic heterocycles. The van der Waals surface area contributed by atoms with E-state index in [-0.39, 0.29) is 5.54 Å². The summed E-state index contributed by atoms with van der Waals surface area (Å²) in [5.41, 5.74) is -0.129. The molecule has 0 unspecified atom stereocenters. The van der Waals surface area contributed by atoms with Gasteiger partial charge in [0.25, 0.3) is 0 Å². The third-order valence-electron chi connectivity index (χ3n) is 1.78. The minimum atomic E-state index is -0.129. The second-order valence-corrected chi connectivity index (χ2v) is 4.22. The lowest BCUT2D eigenvalue weighted by molar-refractivity contribution is -0.107. The van der Waals surface area contributed by atoms with Gasteiger partial charge in [0.2, 0.25) is 0 Å². The highest BCUT2D eigenvalue weighted by Gasteiger charge is 2.16. The van der Waals surface area contributed by atoms with Crippen LogP contribution in [0.15, 0.2) is 0 Å². The lowest BCUT2D eigenvalue weighted by Crippen LogP contribution is -2.24. The standard InChI is InChI=1S/C9H16N4O/c1-9(2,3)13-11-8(10-12-13)6-4-5-7-14/h7H,4-6H2,1-3H3. The number of rotatable bonds is 4. The SMILES string of the molecule is CC(C)(C)n1nnc(CCCC=O)n1. The van der Waals surface area contributed by atoms with E-state index < -0.39 is 0 Å². The van der Waals surface area contributed by atoms with Gasteiger partial charge < -0.3 is 4.79 Å². The minimum absolute atomic E-state index is 0.129. The fraction of sp³-hybridized carbons (Fsp3) is 0.778. The van der Waals surface area contributed by atoms with Crippen molar-refractivity contribution in [3.05, 3.63) is 5.82 Å². The number of aldehydes is 1. The Morgan fingerprint density at radius 2 is 2.14 bits per heavy atom. The first kappa shape index (κ1) is 10.8. The molecule has 0 aliphatic rings. The van der Waals surface area contributed by atoms with Crippen molar-refractivity contribution in [2.45, 2.75) is 45.6 Å². The molecule has 1 aromatic rings.